The molecule has 194 valence electrons. The highest BCUT2D eigenvalue weighted by atomic mass is 32.2. The van der Waals surface area contributed by atoms with Crippen molar-refractivity contribution in [1.82, 2.24) is 29.1 Å². The van der Waals surface area contributed by atoms with Crippen molar-refractivity contribution in [3.63, 3.8) is 0 Å². The Balaban J connectivity index is 0.000000142. The minimum atomic E-state index is -0.235. The van der Waals surface area contributed by atoms with E-state index >= 15 is 0 Å². The Bertz CT molecular complexity index is 1510. The number of hydrogen-bond acceptors (Lipinski definition) is 6. The predicted octanol–water partition coefficient (Wildman–Crippen LogP) is 5.55. The first-order chi connectivity index (χ1) is 18.5. The van der Waals surface area contributed by atoms with Crippen molar-refractivity contribution >= 4 is 22.9 Å². The second-order valence-corrected chi connectivity index (χ2v) is 10.9. The summed E-state index contributed by atoms with van der Waals surface area (Å²) in [7, 11) is 1.85. The zero-order valence-electron chi connectivity index (χ0n) is 21.3. The third-order valence-corrected chi connectivity index (χ3v) is 8.05. The summed E-state index contributed by atoms with van der Waals surface area (Å²) in [5.41, 5.74) is 3.09. The molecule has 1 aliphatic heterocycles. The zero-order valence-corrected chi connectivity index (χ0v) is 22.1. The van der Waals surface area contributed by atoms with E-state index in [-0.39, 0.29) is 5.82 Å². The van der Waals surface area contributed by atoms with Gasteiger partial charge in [-0.05, 0) is 78.7 Å². The fourth-order valence-corrected chi connectivity index (χ4v) is 6.07. The molecule has 0 radical (unpaired) electrons. The third-order valence-electron chi connectivity index (χ3n) is 7.12. The average Bonchev–Trinajstić information content (AvgIpc) is 3.31. The maximum absolute atomic E-state index is 12.9. The van der Waals surface area contributed by atoms with Gasteiger partial charge in [0.1, 0.15) is 11.6 Å². The van der Waals surface area contributed by atoms with Crippen LogP contribution < -0.4 is 4.74 Å². The molecule has 1 saturated carbocycles. The molecule has 7 rings (SSSR count). The fraction of sp³-hybridized carbons (Fsp3) is 0.276. The molecule has 3 aromatic carbocycles. The van der Waals surface area contributed by atoms with E-state index in [0.29, 0.717) is 0 Å². The normalized spacial score (nSPS) is 20.1. The van der Waals surface area contributed by atoms with E-state index in [1.54, 1.807) is 28.9 Å². The second kappa shape index (κ2) is 10.6. The van der Waals surface area contributed by atoms with Crippen LogP contribution in [-0.2, 0) is 7.05 Å². The van der Waals surface area contributed by atoms with Crippen LogP contribution in [0.2, 0.25) is 0 Å². The second-order valence-electron chi connectivity index (χ2n) is 9.82. The molecule has 0 bridgehead atoms. The molecule has 2 aliphatic rings. The maximum Gasteiger partial charge on any atom is 0.153 e. The van der Waals surface area contributed by atoms with Crippen LogP contribution in [0.25, 0.3) is 16.6 Å². The quantitative estimate of drug-likeness (QED) is 0.269. The zero-order chi connectivity index (χ0) is 26.1. The Morgan fingerprint density at radius 2 is 1.71 bits per heavy atom. The van der Waals surface area contributed by atoms with Crippen LogP contribution in [-0.4, -0.2) is 48.8 Å². The monoisotopic (exact) mass is 528 g/mol. The maximum atomic E-state index is 12.9. The lowest BCUT2D eigenvalue weighted by molar-refractivity contribution is 0.271. The lowest BCUT2D eigenvalue weighted by Gasteiger charge is -2.16. The van der Waals surface area contributed by atoms with Crippen LogP contribution in [0.4, 0.5) is 4.39 Å². The standard InChI is InChI=1S/C15H18N4OS.C14H11FN2/c1-18-16-7-15(17-18)21-19-8-12-13(9-19)14(12)10-20-11-5-3-2-4-6-11;1-10-2-3-11-9-16-17(14(11)8-10)13-6-4-12(15)5-7-13/h2-7,12-14H,8-10H2,1H3;2-9H,1H3. The summed E-state index contributed by atoms with van der Waals surface area (Å²) in [6.45, 7) is 5.16. The highest BCUT2D eigenvalue weighted by Gasteiger charge is 2.56. The van der Waals surface area contributed by atoms with E-state index < -0.39 is 0 Å². The van der Waals surface area contributed by atoms with Crippen molar-refractivity contribution in [3.8, 4) is 11.4 Å². The molecule has 0 spiro atoms. The number of fused-ring (bicyclic) bond motifs is 2. The van der Waals surface area contributed by atoms with Crippen molar-refractivity contribution in [3.05, 3.63) is 96.6 Å². The molecule has 1 saturated heterocycles. The van der Waals surface area contributed by atoms with E-state index in [2.05, 4.69) is 31.7 Å². The molecule has 7 nitrogen and oxygen atoms in total. The van der Waals surface area contributed by atoms with Gasteiger partial charge in [0.15, 0.2) is 5.03 Å². The van der Waals surface area contributed by atoms with Gasteiger partial charge in [0, 0.05) is 31.4 Å². The highest BCUT2D eigenvalue weighted by molar-refractivity contribution is 7.97. The van der Waals surface area contributed by atoms with E-state index in [9.17, 15) is 4.39 Å². The molecule has 5 aromatic rings. The summed E-state index contributed by atoms with van der Waals surface area (Å²) in [6, 6.07) is 22.6. The van der Waals surface area contributed by atoms with Crippen LogP contribution in [0.3, 0.4) is 0 Å². The molecule has 38 heavy (non-hydrogen) atoms. The minimum Gasteiger partial charge on any atom is -0.493 e. The van der Waals surface area contributed by atoms with Gasteiger partial charge in [0.05, 0.1) is 30.2 Å². The summed E-state index contributed by atoms with van der Waals surface area (Å²) in [4.78, 5) is 1.61. The summed E-state index contributed by atoms with van der Waals surface area (Å²) in [6.07, 6.45) is 3.64. The van der Waals surface area contributed by atoms with Gasteiger partial charge in [0.2, 0.25) is 0 Å². The Kier molecular flexibility index (Phi) is 6.86. The number of halogens is 1. The van der Waals surface area contributed by atoms with Crippen LogP contribution in [0, 0.1) is 30.5 Å². The number of aromatic nitrogens is 5. The summed E-state index contributed by atoms with van der Waals surface area (Å²) < 4.78 is 23.0. The minimum absolute atomic E-state index is 0.235. The molecule has 0 N–H and O–H groups in total. The Morgan fingerprint density at radius 1 is 0.947 bits per heavy atom. The molecule has 2 aromatic heterocycles. The van der Waals surface area contributed by atoms with Gasteiger partial charge in [-0.2, -0.15) is 15.0 Å². The van der Waals surface area contributed by atoms with Gasteiger partial charge in [-0.1, -0.05) is 30.3 Å². The van der Waals surface area contributed by atoms with Gasteiger partial charge in [0.25, 0.3) is 0 Å². The molecule has 3 heterocycles. The smallest absolute Gasteiger partial charge is 0.153 e. The predicted molar refractivity (Wildman–Crippen MR) is 147 cm³/mol. The lowest BCUT2D eigenvalue weighted by atomic mass is 10.2. The number of benzene rings is 3. The van der Waals surface area contributed by atoms with Crippen molar-refractivity contribution < 1.29 is 9.13 Å². The summed E-state index contributed by atoms with van der Waals surface area (Å²) in [5.74, 6) is 3.05. The van der Waals surface area contributed by atoms with Crippen LogP contribution in [0.15, 0.2) is 90.2 Å². The van der Waals surface area contributed by atoms with Gasteiger partial charge in [-0.3, -0.25) is 0 Å². The number of rotatable bonds is 6. The van der Waals surface area contributed by atoms with E-state index in [1.165, 1.54) is 17.7 Å². The van der Waals surface area contributed by atoms with Gasteiger partial charge in [-0.15, -0.1) is 5.10 Å². The first-order valence-corrected chi connectivity index (χ1v) is 13.5. The van der Waals surface area contributed by atoms with Crippen molar-refractivity contribution in [2.24, 2.45) is 24.8 Å². The first-order valence-electron chi connectivity index (χ1n) is 12.7. The van der Waals surface area contributed by atoms with Crippen molar-refractivity contribution in [2.45, 2.75) is 11.9 Å². The average molecular weight is 529 g/mol. The molecular weight excluding hydrogens is 499 g/mol. The van der Waals surface area contributed by atoms with Crippen LogP contribution >= 0.6 is 11.9 Å². The number of hydrogen-bond donors (Lipinski definition) is 0. The largest absolute Gasteiger partial charge is 0.493 e. The number of para-hydroxylation sites is 1. The number of piperidine rings is 1. The topological polar surface area (TPSA) is 61.0 Å². The SMILES string of the molecule is Cc1ccc2cnn(-c3ccc(F)cc3)c2c1.Cn1ncc(SN2CC3C(COc4ccccc4)C3C2)n1. The fourth-order valence-electron chi connectivity index (χ4n) is 5.06. The molecular formula is C29H29FN6OS. The van der Waals surface area contributed by atoms with E-state index in [0.717, 1.165) is 64.8 Å². The van der Waals surface area contributed by atoms with Crippen molar-refractivity contribution in [1.29, 1.82) is 0 Å². The van der Waals surface area contributed by atoms with E-state index in [1.807, 2.05) is 67.4 Å². The highest BCUT2D eigenvalue weighted by Crippen LogP contribution is 2.53. The molecule has 2 unspecified atom stereocenters. The third kappa shape index (κ3) is 5.44. The molecule has 1 aliphatic carbocycles. The summed E-state index contributed by atoms with van der Waals surface area (Å²) in [5, 5.41) is 14.8. The molecule has 0 amide bonds. The summed E-state index contributed by atoms with van der Waals surface area (Å²) >= 11 is 1.72. The molecule has 9 heteroatoms. The van der Waals surface area contributed by atoms with Gasteiger partial charge in [-0.25, -0.2) is 13.4 Å². The molecule has 2 fully saturated rings. The lowest BCUT2D eigenvalue weighted by Crippen LogP contribution is -2.19. The first kappa shape index (κ1) is 24.6. The van der Waals surface area contributed by atoms with Crippen LogP contribution in [0.5, 0.6) is 5.75 Å². The Morgan fingerprint density at radius 3 is 2.42 bits per heavy atom. The number of ether oxygens (including phenoxy) is 1. The van der Waals surface area contributed by atoms with Gasteiger partial charge < -0.3 is 4.74 Å². The number of aryl methyl sites for hydroxylation is 2. The van der Waals surface area contributed by atoms with E-state index in [4.69, 9.17) is 4.74 Å². The van der Waals surface area contributed by atoms with Gasteiger partial charge >= 0.3 is 0 Å². The Labute approximate surface area is 225 Å². The molecule has 2 atom stereocenters. The Hall–Kier alpha value is -3.69. The van der Waals surface area contributed by atoms with Crippen molar-refractivity contribution in [2.75, 3.05) is 19.7 Å². The van der Waals surface area contributed by atoms with Crippen LogP contribution in [0.1, 0.15) is 5.56 Å². The number of nitrogens with zero attached hydrogens (tertiary/aromatic N) is 6.